The number of fused-ring (bicyclic) bond motifs is 2. The Bertz CT molecular complexity index is 2520. The Kier molecular flexibility index (Phi) is 9.82. The fraction of sp³-hybridized carbons (Fsp3) is 0.143. The summed E-state index contributed by atoms with van der Waals surface area (Å²) in [5.74, 6) is -1.15. The van der Waals surface area contributed by atoms with Crippen LogP contribution in [0.25, 0.3) is 22.3 Å². The van der Waals surface area contributed by atoms with Crippen LogP contribution < -0.4 is 15.4 Å². The summed E-state index contributed by atoms with van der Waals surface area (Å²) < 4.78 is 20.0. The Hall–Kier alpha value is -5.13. The zero-order valence-corrected chi connectivity index (χ0v) is 32.5. The predicted molar refractivity (Wildman–Crippen MR) is 214 cm³/mol. The summed E-state index contributed by atoms with van der Waals surface area (Å²) in [7, 11) is 1.57. The number of para-hydroxylation sites is 1. The van der Waals surface area contributed by atoms with Crippen molar-refractivity contribution in [3.05, 3.63) is 145 Å². The Labute approximate surface area is 328 Å². The van der Waals surface area contributed by atoms with Crippen molar-refractivity contribution in [1.82, 2.24) is 0 Å². The van der Waals surface area contributed by atoms with Gasteiger partial charge in [-0.05, 0) is 55.7 Å². The Morgan fingerprint density at radius 3 is 1.78 bits per heavy atom. The van der Waals surface area contributed by atoms with Gasteiger partial charge in [-0.25, -0.2) is 4.39 Å². The van der Waals surface area contributed by atoms with E-state index in [4.69, 9.17) is 27.9 Å². The fourth-order valence-corrected chi connectivity index (χ4v) is 9.56. The number of aryl methyl sites for hydroxylation is 1. The number of hydrogen-bond acceptors (Lipinski definition) is 7. The lowest BCUT2D eigenvalue weighted by atomic mass is 9.72. The normalized spacial score (nSPS) is 18.9. The molecule has 2 aromatic heterocycles. The van der Waals surface area contributed by atoms with Gasteiger partial charge in [0.05, 0.1) is 18.2 Å². The van der Waals surface area contributed by atoms with Crippen molar-refractivity contribution < 1.29 is 28.3 Å². The van der Waals surface area contributed by atoms with E-state index in [2.05, 4.69) is 10.6 Å². The van der Waals surface area contributed by atoms with Gasteiger partial charge < -0.3 is 15.4 Å². The van der Waals surface area contributed by atoms with Crippen molar-refractivity contribution in [3.8, 4) is 28.0 Å². The first kappa shape index (κ1) is 37.2. The number of Topliss-reactive ketones (excluding diaryl/α,β-unsaturated/α-hetero) is 2. The van der Waals surface area contributed by atoms with Crippen LogP contribution in [0, 0.1) is 12.7 Å². The third kappa shape index (κ3) is 6.03. The van der Waals surface area contributed by atoms with Gasteiger partial charge >= 0.3 is 0 Å². The lowest BCUT2D eigenvalue weighted by Crippen LogP contribution is -2.48. The first-order valence-corrected chi connectivity index (χ1v) is 19.1. The molecule has 2 unspecified atom stereocenters. The van der Waals surface area contributed by atoms with Crippen LogP contribution in [0.4, 0.5) is 14.4 Å². The number of ether oxygens (including phenoxy) is 1. The molecule has 0 saturated heterocycles. The largest absolute Gasteiger partial charge is 0.496 e. The molecule has 4 aromatic carbocycles. The van der Waals surface area contributed by atoms with E-state index in [1.54, 1.807) is 51.3 Å². The molecule has 8 rings (SSSR count). The number of nitrogens with one attached hydrogen (secondary N) is 2. The summed E-state index contributed by atoms with van der Waals surface area (Å²) in [6, 6.07) is 29.7. The van der Waals surface area contributed by atoms with Gasteiger partial charge in [0.2, 0.25) is 11.8 Å². The van der Waals surface area contributed by atoms with E-state index in [1.165, 1.54) is 23.5 Å². The van der Waals surface area contributed by atoms with Crippen molar-refractivity contribution in [3.63, 3.8) is 0 Å². The molecule has 0 saturated carbocycles. The van der Waals surface area contributed by atoms with E-state index in [0.29, 0.717) is 63.4 Å². The number of rotatable bonds is 5. The second-order valence-corrected chi connectivity index (χ2v) is 16.4. The molecular formula is C42H31Cl2FN2O5S2. The maximum atomic E-state index is 13.7. The third-order valence-corrected chi connectivity index (χ3v) is 12.5. The quantitative estimate of drug-likeness (QED) is 0.169. The number of halogens is 3. The smallest absolute Gasteiger partial charge is 0.243 e. The highest BCUT2D eigenvalue weighted by atomic mass is 35.5. The van der Waals surface area contributed by atoms with Gasteiger partial charge in [0, 0.05) is 16.7 Å². The molecule has 2 N–H and O–H groups in total. The maximum Gasteiger partial charge on any atom is 0.243 e. The Balaban J connectivity index is 0.000000167. The minimum Gasteiger partial charge on any atom is -0.496 e. The van der Waals surface area contributed by atoms with Crippen LogP contribution in [-0.2, 0) is 20.4 Å². The molecule has 0 radical (unpaired) electrons. The molecule has 2 aliphatic heterocycles. The minimum atomic E-state index is -1.38. The molecule has 0 fully saturated rings. The molecule has 0 bridgehead atoms. The van der Waals surface area contributed by atoms with Gasteiger partial charge in [0.15, 0.2) is 11.6 Å². The number of anilines is 2. The third-order valence-electron chi connectivity index (χ3n) is 9.89. The van der Waals surface area contributed by atoms with Crippen LogP contribution in [0.1, 0.15) is 51.3 Å². The van der Waals surface area contributed by atoms with Gasteiger partial charge in [-0.15, -0.1) is 22.7 Å². The summed E-state index contributed by atoms with van der Waals surface area (Å²) in [6.07, 6.45) is 0. The summed E-state index contributed by atoms with van der Waals surface area (Å²) in [5, 5.41) is 6.58. The number of carbonyl (C=O) groups excluding carboxylic acids is 4. The van der Waals surface area contributed by atoms with Crippen molar-refractivity contribution in [1.29, 1.82) is 0 Å². The van der Waals surface area contributed by atoms with Crippen LogP contribution >= 0.6 is 45.9 Å². The molecule has 6 aromatic rings. The van der Waals surface area contributed by atoms with E-state index in [9.17, 15) is 23.6 Å². The van der Waals surface area contributed by atoms with Crippen molar-refractivity contribution in [2.24, 2.45) is 0 Å². The zero-order chi connectivity index (χ0) is 38.5. The van der Waals surface area contributed by atoms with E-state index in [0.717, 1.165) is 22.5 Å². The van der Waals surface area contributed by atoms with Gasteiger partial charge in [0.1, 0.15) is 41.1 Å². The molecule has 272 valence electrons. The van der Waals surface area contributed by atoms with E-state index < -0.39 is 22.6 Å². The number of carbonyl (C=O) groups is 4. The number of hydrogen-bond donors (Lipinski definition) is 2. The average Bonchev–Trinajstić information content (AvgIpc) is 3.68. The monoisotopic (exact) mass is 796 g/mol. The standard InChI is InChI=1S/C21H15ClFNO2S.C21H16ClNO3S/c1-11-5-3-7-13(9-11)21(2)17(25)16-15(12-6-4-8-14(23)10-12)18(22)27-19(16)24-20(21)26;1-21(12-8-4-3-5-9-12)17(24)16-15(13-10-6-7-11-14(13)26-2)18(22)27-19(16)23-20(21)25/h3-10H,1-2H3,(H,24,26);3-11H,1-2H3,(H,23,25). The molecule has 2 atom stereocenters. The van der Waals surface area contributed by atoms with Gasteiger partial charge in [-0.1, -0.05) is 114 Å². The van der Waals surface area contributed by atoms with E-state index in [-0.39, 0.29) is 17.5 Å². The van der Waals surface area contributed by atoms with Gasteiger partial charge in [-0.3, -0.25) is 19.2 Å². The maximum absolute atomic E-state index is 13.7. The average molecular weight is 798 g/mol. The second-order valence-electron chi connectivity index (χ2n) is 13.2. The lowest BCUT2D eigenvalue weighted by Gasteiger charge is -2.32. The molecular weight excluding hydrogens is 767 g/mol. The minimum absolute atomic E-state index is 0.267. The summed E-state index contributed by atoms with van der Waals surface area (Å²) in [5.41, 5.74) is 2.56. The van der Waals surface area contributed by atoms with Crippen LogP contribution in [0.5, 0.6) is 5.75 Å². The van der Waals surface area contributed by atoms with Crippen molar-refractivity contribution in [2.75, 3.05) is 17.7 Å². The number of ketones is 2. The molecule has 0 spiro atoms. The molecule has 7 nitrogen and oxygen atoms in total. The topological polar surface area (TPSA) is 102 Å². The lowest BCUT2D eigenvalue weighted by molar-refractivity contribution is -0.120. The molecule has 12 heteroatoms. The van der Waals surface area contributed by atoms with Crippen molar-refractivity contribution in [2.45, 2.75) is 31.6 Å². The highest BCUT2D eigenvalue weighted by Gasteiger charge is 2.51. The number of benzene rings is 4. The van der Waals surface area contributed by atoms with Gasteiger partial charge in [0.25, 0.3) is 0 Å². The van der Waals surface area contributed by atoms with Crippen LogP contribution in [-0.4, -0.2) is 30.5 Å². The summed E-state index contributed by atoms with van der Waals surface area (Å²) >= 11 is 15.2. The summed E-state index contributed by atoms with van der Waals surface area (Å²) in [4.78, 5) is 52.9. The predicted octanol–water partition coefficient (Wildman–Crippen LogP) is 10.8. The second kappa shape index (κ2) is 14.3. The zero-order valence-electron chi connectivity index (χ0n) is 29.3. The van der Waals surface area contributed by atoms with E-state index in [1.807, 2.05) is 67.6 Å². The molecule has 2 amide bonds. The van der Waals surface area contributed by atoms with Gasteiger partial charge in [-0.2, -0.15) is 0 Å². The first-order valence-electron chi connectivity index (χ1n) is 16.7. The SMILES string of the molecule is COc1ccccc1-c1c(Cl)sc2c1C(=O)C(C)(c1ccccc1)C(=O)N2.Cc1cccc(C2(C)C(=O)Nc3sc(Cl)c(-c4cccc(F)c4)c3C2=O)c1. The Morgan fingerprint density at radius 2 is 1.17 bits per heavy atom. The molecule has 4 heterocycles. The molecule has 0 aliphatic carbocycles. The van der Waals surface area contributed by atoms with E-state index >= 15 is 0 Å². The molecule has 2 aliphatic rings. The van der Waals surface area contributed by atoms with Crippen LogP contribution in [0.15, 0.2) is 103 Å². The number of methoxy groups -OCH3 is 1. The molecule has 54 heavy (non-hydrogen) atoms. The Morgan fingerprint density at radius 1 is 0.630 bits per heavy atom. The summed E-state index contributed by atoms with van der Waals surface area (Å²) in [6.45, 7) is 5.17. The van der Waals surface area contributed by atoms with Crippen molar-refractivity contribution >= 4 is 79.3 Å². The highest BCUT2D eigenvalue weighted by Crippen LogP contribution is 2.52. The first-order chi connectivity index (χ1) is 25.8. The highest BCUT2D eigenvalue weighted by molar-refractivity contribution is 7.21. The number of thiophene rings is 2. The van der Waals surface area contributed by atoms with Crippen LogP contribution in [0.2, 0.25) is 8.67 Å². The fourth-order valence-electron chi connectivity index (χ4n) is 6.82. The van der Waals surface area contributed by atoms with Crippen LogP contribution in [0.3, 0.4) is 0 Å². The number of amides is 2.